The zero-order valence-corrected chi connectivity index (χ0v) is 13.2. The van der Waals surface area contributed by atoms with Gasteiger partial charge in [-0.25, -0.2) is 4.98 Å². The minimum Gasteiger partial charge on any atom is -0.439 e. The number of nitrogens with zero attached hydrogens (tertiary/aromatic N) is 1. The fourth-order valence-electron chi connectivity index (χ4n) is 2.15. The van der Waals surface area contributed by atoms with E-state index in [0.29, 0.717) is 17.2 Å². The van der Waals surface area contributed by atoms with Gasteiger partial charge in [0, 0.05) is 5.75 Å². The Kier molecular flexibility index (Phi) is 3.82. The topological polar surface area (TPSA) is 84.2 Å². The van der Waals surface area contributed by atoms with Crippen LogP contribution in [0.1, 0.15) is 19.7 Å². The van der Waals surface area contributed by atoms with E-state index in [1.807, 2.05) is 38.1 Å². The highest BCUT2D eigenvalue weighted by Gasteiger charge is 2.37. The molecular formula is C15H17N3O3S. The molecule has 0 bridgehead atoms. The number of nitrogens with one attached hydrogen (secondary N) is 2. The minimum absolute atomic E-state index is 0.120. The largest absolute Gasteiger partial charge is 0.439 e. The number of hydrogen-bond donors (Lipinski definition) is 2. The second-order valence-corrected chi connectivity index (χ2v) is 7.28. The molecule has 3 rings (SSSR count). The fourth-order valence-corrected chi connectivity index (χ4v) is 3.16. The highest BCUT2D eigenvalue weighted by Crippen LogP contribution is 2.29. The molecule has 0 spiro atoms. The molecule has 2 N–H and O–H groups in total. The van der Waals surface area contributed by atoms with Crippen LogP contribution >= 0.6 is 11.8 Å². The number of fused-ring (bicyclic) bond motifs is 1. The Morgan fingerprint density at radius 2 is 2.27 bits per heavy atom. The maximum atomic E-state index is 12.1. The van der Waals surface area contributed by atoms with E-state index < -0.39 is 10.8 Å². The number of carbonyl (C=O) groups is 2. The van der Waals surface area contributed by atoms with Crippen molar-refractivity contribution in [2.24, 2.45) is 0 Å². The lowest BCUT2D eigenvalue weighted by Crippen LogP contribution is -2.57. The summed E-state index contributed by atoms with van der Waals surface area (Å²) in [4.78, 5) is 28.3. The van der Waals surface area contributed by atoms with Gasteiger partial charge in [0.2, 0.25) is 17.7 Å². The molecule has 7 heteroatoms. The van der Waals surface area contributed by atoms with Crippen LogP contribution in [-0.2, 0) is 16.1 Å². The predicted molar refractivity (Wildman–Crippen MR) is 84.3 cm³/mol. The third-order valence-electron chi connectivity index (χ3n) is 3.53. The summed E-state index contributed by atoms with van der Waals surface area (Å²) in [6.07, 6.45) is 0. The minimum atomic E-state index is -0.519. The summed E-state index contributed by atoms with van der Waals surface area (Å²) in [6.45, 7) is 3.90. The number of carbonyl (C=O) groups excluding carboxylic acids is 2. The second-order valence-electron chi connectivity index (χ2n) is 5.64. The molecule has 2 amide bonds. The van der Waals surface area contributed by atoms with Gasteiger partial charge in [-0.3, -0.25) is 9.59 Å². The van der Waals surface area contributed by atoms with Gasteiger partial charge in [-0.2, -0.15) is 0 Å². The summed E-state index contributed by atoms with van der Waals surface area (Å²) in [5.74, 6) is 0.659. The van der Waals surface area contributed by atoms with Crippen molar-refractivity contribution in [2.75, 3.05) is 5.75 Å². The summed E-state index contributed by atoms with van der Waals surface area (Å²) in [5, 5.41) is 5.50. The lowest BCUT2D eigenvalue weighted by Gasteiger charge is -2.32. The van der Waals surface area contributed by atoms with Gasteiger partial charge in [-0.1, -0.05) is 12.1 Å². The fraction of sp³-hybridized carbons (Fsp3) is 0.400. The van der Waals surface area contributed by atoms with Crippen molar-refractivity contribution in [1.82, 2.24) is 15.6 Å². The Hall–Kier alpha value is -2.02. The summed E-state index contributed by atoms with van der Waals surface area (Å²) >= 11 is 1.48. The third-order valence-corrected chi connectivity index (χ3v) is 4.94. The molecule has 0 unspecified atom stereocenters. The first-order valence-corrected chi connectivity index (χ1v) is 8.01. The molecule has 0 radical (unpaired) electrons. The molecule has 1 aromatic carbocycles. The van der Waals surface area contributed by atoms with Crippen molar-refractivity contribution in [3.63, 3.8) is 0 Å². The maximum absolute atomic E-state index is 12.1. The molecule has 0 aliphatic carbocycles. The van der Waals surface area contributed by atoms with Gasteiger partial charge in [0.15, 0.2) is 5.58 Å². The highest BCUT2D eigenvalue weighted by atomic mass is 32.2. The van der Waals surface area contributed by atoms with E-state index in [9.17, 15) is 9.59 Å². The monoisotopic (exact) mass is 319 g/mol. The molecule has 1 aromatic heterocycles. The van der Waals surface area contributed by atoms with Crippen LogP contribution in [0.2, 0.25) is 0 Å². The van der Waals surface area contributed by atoms with Crippen LogP contribution in [0.4, 0.5) is 0 Å². The van der Waals surface area contributed by atoms with E-state index in [1.165, 1.54) is 11.8 Å². The van der Waals surface area contributed by atoms with Gasteiger partial charge in [0.05, 0.1) is 11.3 Å². The smallest absolute Gasteiger partial charge is 0.243 e. The number of hydrogen-bond acceptors (Lipinski definition) is 5. The van der Waals surface area contributed by atoms with E-state index in [1.54, 1.807) is 0 Å². The molecule has 2 aromatic rings. The predicted octanol–water partition coefficient (Wildman–Crippen LogP) is 1.45. The summed E-state index contributed by atoms with van der Waals surface area (Å²) < 4.78 is 5.05. The normalized spacial score (nSPS) is 20.6. The van der Waals surface area contributed by atoms with Crippen LogP contribution in [0.25, 0.3) is 11.1 Å². The number of thioether (sulfide) groups is 1. The van der Waals surface area contributed by atoms with Gasteiger partial charge < -0.3 is 15.1 Å². The average molecular weight is 319 g/mol. The van der Waals surface area contributed by atoms with Crippen molar-refractivity contribution in [3.05, 3.63) is 30.2 Å². The van der Waals surface area contributed by atoms with E-state index in [0.717, 1.165) is 5.52 Å². The maximum Gasteiger partial charge on any atom is 0.243 e. The van der Waals surface area contributed by atoms with Gasteiger partial charge in [0.1, 0.15) is 11.6 Å². The molecule has 1 saturated heterocycles. The quantitative estimate of drug-likeness (QED) is 0.894. The van der Waals surface area contributed by atoms with Crippen LogP contribution in [0.15, 0.2) is 28.7 Å². The number of oxazole rings is 1. The SMILES string of the molecule is CC1(C)SC[C@H](C(=O)NCc2nc3ccccc3o2)NC1=O. The number of rotatable bonds is 3. The molecule has 0 saturated carbocycles. The number of benzene rings is 1. The first kappa shape index (κ1) is 14.9. The highest BCUT2D eigenvalue weighted by molar-refractivity contribution is 8.01. The lowest BCUT2D eigenvalue weighted by atomic mass is 10.1. The Morgan fingerprint density at radius 1 is 1.50 bits per heavy atom. The van der Waals surface area contributed by atoms with Crippen molar-refractivity contribution < 1.29 is 14.0 Å². The van der Waals surface area contributed by atoms with Crippen molar-refractivity contribution in [1.29, 1.82) is 0 Å². The van der Waals surface area contributed by atoms with E-state index in [-0.39, 0.29) is 18.4 Å². The summed E-state index contributed by atoms with van der Waals surface area (Å²) in [5.41, 5.74) is 1.45. The first-order chi connectivity index (χ1) is 10.5. The first-order valence-electron chi connectivity index (χ1n) is 7.03. The Balaban J connectivity index is 1.59. The van der Waals surface area contributed by atoms with E-state index in [4.69, 9.17) is 4.42 Å². The Bertz CT molecular complexity index is 693. The van der Waals surface area contributed by atoms with Gasteiger partial charge in [-0.05, 0) is 26.0 Å². The van der Waals surface area contributed by atoms with Crippen molar-refractivity contribution >= 4 is 34.7 Å². The standard InChI is InChI=1S/C15H17N3O3S/c1-15(2)14(20)18-10(8-22-15)13(19)16-7-12-17-9-5-3-4-6-11(9)21-12/h3-6,10H,7-8H2,1-2H3,(H,16,19)(H,18,20)/t10-/m1/s1. The van der Waals surface area contributed by atoms with E-state index >= 15 is 0 Å². The van der Waals surface area contributed by atoms with Crippen LogP contribution in [-0.4, -0.2) is 33.3 Å². The Morgan fingerprint density at radius 3 is 3.00 bits per heavy atom. The molecule has 1 aliphatic heterocycles. The Labute approximate surface area is 132 Å². The van der Waals surface area contributed by atoms with Gasteiger partial charge >= 0.3 is 0 Å². The molecule has 22 heavy (non-hydrogen) atoms. The molecule has 1 fully saturated rings. The second kappa shape index (κ2) is 5.64. The van der Waals surface area contributed by atoms with Crippen LogP contribution in [0, 0.1) is 0 Å². The third kappa shape index (κ3) is 2.94. The number of para-hydroxylation sites is 2. The molecule has 1 aliphatic rings. The number of amides is 2. The van der Waals surface area contributed by atoms with E-state index in [2.05, 4.69) is 15.6 Å². The zero-order valence-electron chi connectivity index (χ0n) is 12.4. The molecule has 6 nitrogen and oxygen atoms in total. The number of aromatic nitrogens is 1. The van der Waals surface area contributed by atoms with Crippen LogP contribution < -0.4 is 10.6 Å². The zero-order chi connectivity index (χ0) is 15.7. The summed E-state index contributed by atoms with van der Waals surface area (Å²) in [6, 6.07) is 6.91. The average Bonchev–Trinajstić information content (AvgIpc) is 2.90. The van der Waals surface area contributed by atoms with Crippen LogP contribution in [0.3, 0.4) is 0 Å². The van der Waals surface area contributed by atoms with Gasteiger partial charge in [-0.15, -0.1) is 11.8 Å². The lowest BCUT2D eigenvalue weighted by molar-refractivity contribution is -0.129. The van der Waals surface area contributed by atoms with Crippen LogP contribution in [0.5, 0.6) is 0 Å². The molecule has 116 valence electrons. The molecular weight excluding hydrogens is 302 g/mol. The molecule has 2 heterocycles. The van der Waals surface area contributed by atoms with Crippen molar-refractivity contribution in [3.8, 4) is 0 Å². The van der Waals surface area contributed by atoms with Gasteiger partial charge in [0.25, 0.3) is 0 Å². The van der Waals surface area contributed by atoms with Crippen molar-refractivity contribution in [2.45, 2.75) is 31.2 Å². The summed E-state index contributed by atoms with van der Waals surface area (Å²) in [7, 11) is 0. The molecule has 1 atom stereocenters.